The van der Waals surface area contributed by atoms with E-state index in [1.165, 1.54) is 22.2 Å². The van der Waals surface area contributed by atoms with Gasteiger partial charge in [0.25, 0.3) is 0 Å². The monoisotopic (exact) mass is 203 g/mol. The Balaban J connectivity index is 2.48. The highest BCUT2D eigenvalue weighted by atomic mass is 14.9. The van der Waals surface area contributed by atoms with Gasteiger partial charge in [0, 0.05) is 18.1 Å². The van der Waals surface area contributed by atoms with Crippen molar-refractivity contribution in [3.63, 3.8) is 0 Å². The molecule has 1 heterocycles. The summed E-state index contributed by atoms with van der Waals surface area (Å²) >= 11 is 0. The van der Waals surface area contributed by atoms with Gasteiger partial charge in [0.05, 0.1) is 11.2 Å². The summed E-state index contributed by atoms with van der Waals surface area (Å²) in [6.45, 7) is 3.73. The Morgan fingerprint density at radius 2 is 2.27 bits per heavy atom. The molecular formula is C12H17N3. The maximum atomic E-state index is 5.58. The highest BCUT2D eigenvalue weighted by molar-refractivity contribution is 5.93. The lowest BCUT2D eigenvalue weighted by molar-refractivity contribution is 0.976. The van der Waals surface area contributed by atoms with E-state index in [-0.39, 0.29) is 0 Å². The van der Waals surface area contributed by atoms with Crippen LogP contribution in [0.5, 0.6) is 0 Å². The molecule has 0 aliphatic rings. The molecule has 1 aromatic heterocycles. The zero-order valence-electron chi connectivity index (χ0n) is 9.01. The number of para-hydroxylation sites is 1. The summed E-state index contributed by atoms with van der Waals surface area (Å²) in [4.78, 5) is 3.31. The van der Waals surface area contributed by atoms with Crippen LogP contribution in [0.4, 0.5) is 5.69 Å². The van der Waals surface area contributed by atoms with Crippen LogP contribution in [-0.4, -0.2) is 18.1 Å². The minimum atomic E-state index is 0.693. The van der Waals surface area contributed by atoms with Crippen LogP contribution < -0.4 is 11.1 Å². The van der Waals surface area contributed by atoms with E-state index >= 15 is 0 Å². The Hall–Kier alpha value is -1.48. The second-order valence-electron chi connectivity index (χ2n) is 3.61. The van der Waals surface area contributed by atoms with Gasteiger partial charge in [-0.1, -0.05) is 12.1 Å². The lowest BCUT2D eigenvalue weighted by atomic mass is 10.1. The Labute approximate surface area is 89.7 Å². The van der Waals surface area contributed by atoms with Crippen molar-refractivity contribution in [1.29, 1.82) is 0 Å². The fraction of sp³-hybridized carbons (Fsp3) is 0.333. The van der Waals surface area contributed by atoms with Gasteiger partial charge >= 0.3 is 0 Å². The predicted octanol–water partition coefficient (Wildman–Crippen LogP) is 2.10. The molecule has 0 amide bonds. The smallest absolute Gasteiger partial charge is 0.0692 e. The molecule has 0 bridgehead atoms. The third-order valence-electron chi connectivity index (χ3n) is 2.58. The molecule has 4 N–H and O–H groups in total. The predicted molar refractivity (Wildman–Crippen MR) is 65.2 cm³/mol. The molecule has 2 aromatic rings. The summed E-state index contributed by atoms with van der Waals surface area (Å²) in [7, 11) is 0. The second kappa shape index (κ2) is 4.36. The van der Waals surface area contributed by atoms with Crippen molar-refractivity contribution >= 4 is 16.6 Å². The molecule has 0 saturated carbocycles. The van der Waals surface area contributed by atoms with Crippen molar-refractivity contribution in [2.45, 2.75) is 13.3 Å². The maximum Gasteiger partial charge on any atom is 0.0692 e. The van der Waals surface area contributed by atoms with Crippen molar-refractivity contribution in [3.8, 4) is 0 Å². The third-order valence-corrected chi connectivity index (χ3v) is 2.58. The van der Waals surface area contributed by atoms with Crippen LogP contribution in [0.15, 0.2) is 24.4 Å². The molecule has 0 atom stereocenters. The van der Waals surface area contributed by atoms with Crippen LogP contribution >= 0.6 is 0 Å². The lowest BCUT2D eigenvalue weighted by Gasteiger charge is -2.04. The van der Waals surface area contributed by atoms with E-state index < -0.39 is 0 Å². The summed E-state index contributed by atoms with van der Waals surface area (Å²) in [6, 6.07) is 6.31. The first-order valence-electron chi connectivity index (χ1n) is 5.39. The van der Waals surface area contributed by atoms with Gasteiger partial charge < -0.3 is 16.0 Å². The summed E-state index contributed by atoms with van der Waals surface area (Å²) in [5.74, 6) is 0. The Morgan fingerprint density at radius 1 is 1.40 bits per heavy atom. The number of nitrogens with one attached hydrogen (secondary N) is 2. The summed E-state index contributed by atoms with van der Waals surface area (Å²) in [6.07, 6.45) is 2.98. The first-order chi connectivity index (χ1) is 7.36. The van der Waals surface area contributed by atoms with Crippen LogP contribution in [0.1, 0.15) is 12.5 Å². The number of nitrogens with two attached hydrogens (primary N) is 1. The number of fused-ring (bicyclic) bond motifs is 1. The largest absolute Gasteiger partial charge is 0.384 e. The molecule has 0 aliphatic carbocycles. The van der Waals surface area contributed by atoms with E-state index in [0.717, 1.165) is 13.0 Å². The first kappa shape index (κ1) is 10.1. The van der Waals surface area contributed by atoms with Crippen molar-refractivity contribution in [2.75, 3.05) is 18.4 Å². The van der Waals surface area contributed by atoms with E-state index in [1.54, 1.807) is 0 Å². The van der Waals surface area contributed by atoms with Gasteiger partial charge in [-0.05, 0) is 31.5 Å². The highest BCUT2D eigenvalue weighted by Gasteiger charge is 2.05. The fourth-order valence-corrected chi connectivity index (χ4v) is 1.91. The van der Waals surface area contributed by atoms with Crippen molar-refractivity contribution in [3.05, 3.63) is 30.0 Å². The zero-order valence-corrected chi connectivity index (χ0v) is 9.01. The van der Waals surface area contributed by atoms with Crippen LogP contribution in [-0.2, 0) is 6.42 Å². The molecule has 80 valence electrons. The van der Waals surface area contributed by atoms with Crippen molar-refractivity contribution in [2.24, 2.45) is 5.73 Å². The van der Waals surface area contributed by atoms with Gasteiger partial charge in [0.15, 0.2) is 0 Å². The Kier molecular flexibility index (Phi) is 2.92. The molecule has 0 unspecified atom stereocenters. The Morgan fingerprint density at radius 3 is 3.00 bits per heavy atom. The Bertz CT molecular complexity index is 445. The van der Waals surface area contributed by atoms with Gasteiger partial charge in [0.2, 0.25) is 0 Å². The maximum absolute atomic E-state index is 5.58. The third kappa shape index (κ3) is 1.83. The average Bonchev–Trinajstić information content (AvgIpc) is 2.64. The minimum Gasteiger partial charge on any atom is -0.384 e. The molecule has 3 nitrogen and oxygen atoms in total. The van der Waals surface area contributed by atoms with E-state index in [9.17, 15) is 0 Å². The lowest BCUT2D eigenvalue weighted by Crippen LogP contribution is -2.02. The fourth-order valence-electron chi connectivity index (χ4n) is 1.91. The van der Waals surface area contributed by atoms with Crippen LogP contribution in [0, 0.1) is 0 Å². The van der Waals surface area contributed by atoms with E-state index in [4.69, 9.17) is 5.73 Å². The number of aromatic nitrogens is 1. The molecule has 2 rings (SSSR count). The molecular weight excluding hydrogens is 186 g/mol. The molecule has 0 spiro atoms. The molecule has 0 aliphatic heterocycles. The second-order valence-corrected chi connectivity index (χ2v) is 3.61. The number of hydrogen-bond acceptors (Lipinski definition) is 2. The average molecular weight is 203 g/mol. The van der Waals surface area contributed by atoms with Crippen molar-refractivity contribution in [1.82, 2.24) is 4.98 Å². The molecule has 0 radical (unpaired) electrons. The number of benzene rings is 1. The standard InChI is InChI=1S/C12H17N3/c1-2-14-11-5-3-4-10-9(6-7-13)8-15-12(10)11/h3-5,8,14-15H,2,6-7,13H2,1H3. The first-order valence-corrected chi connectivity index (χ1v) is 5.39. The number of H-pyrrole nitrogens is 1. The number of hydrogen-bond donors (Lipinski definition) is 3. The highest BCUT2D eigenvalue weighted by Crippen LogP contribution is 2.25. The molecule has 3 heteroatoms. The molecule has 0 saturated heterocycles. The normalized spacial score (nSPS) is 10.8. The summed E-state index contributed by atoms with van der Waals surface area (Å²) in [5.41, 5.74) is 9.22. The van der Waals surface area contributed by atoms with Gasteiger partial charge in [-0.3, -0.25) is 0 Å². The topological polar surface area (TPSA) is 53.8 Å². The number of anilines is 1. The summed E-state index contributed by atoms with van der Waals surface area (Å²) < 4.78 is 0. The quantitative estimate of drug-likeness (QED) is 0.712. The number of aromatic amines is 1. The molecule has 1 aromatic carbocycles. The van der Waals surface area contributed by atoms with Crippen LogP contribution in [0.3, 0.4) is 0 Å². The minimum absolute atomic E-state index is 0.693. The van der Waals surface area contributed by atoms with Gasteiger partial charge in [-0.15, -0.1) is 0 Å². The van der Waals surface area contributed by atoms with E-state index in [2.05, 4.69) is 41.6 Å². The van der Waals surface area contributed by atoms with Gasteiger partial charge in [0.1, 0.15) is 0 Å². The van der Waals surface area contributed by atoms with Gasteiger partial charge in [-0.2, -0.15) is 0 Å². The number of rotatable bonds is 4. The van der Waals surface area contributed by atoms with Crippen LogP contribution in [0.2, 0.25) is 0 Å². The van der Waals surface area contributed by atoms with Crippen LogP contribution in [0.25, 0.3) is 10.9 Å². The molecule has 15 heavy (non-hydrogen) atoms. The SMILES string of the molecule is CCNc1cccc2c(CCN)c[nH]c12. The zero-order chi connectivity index (χ0) is 10.7. The van der Waals surface area contributed by atoms with E-state index in [1.807, 2.05) is 0 Å². The van der Waals surface area contributed by atoms with Crippen molar-refractivity contribution < 1.29 is 0 Å². The molecule has 0 fully saturated rings. The van der Waals surface area contributed by atoms with Gasteiger partial charge in [-0.25, -0.2) is 0 Å². The summed E-state index contributed by atoms with van der Waals surface area (Å²) in [5, 5.41) is 4.62. The van der Waals surface area contributed by atoms with E-state index in [0.29, 0.717) is 6.54 Å².